The van der Waals surface area contributed by atoms with Gasteiger partial charge in [-0.1, -0.05) is 27.7 Å². The highest BCUT2D eigenvalue weighted by molar-refractivity contribution is 5.78. The van der Waals surface area contributed by atoms with Crippen molar-refractivity contribution in [2.45, 2.75) is 46.1 Å². The Balaban J connectivity index is 3.22. The maximum Gasteiger partial charge on any atom is 0.334 e. The zero-order valence-corrected chi connectivity index (χ0v) is 13.0. The fourth-order valence-corrected chi connectivity index (χ4v) is 2.12. The molecular formula is C13H22N4O4. The minimum atomic E-state index is -1.04. The largest absolute Gasteiger partial charge is 0.480 e. The molecule has 0 fully saturated rings. The van der Waals surface area contributed by atoms with E-state index in [2.05, 4.69) is 10.4 Å². The molecule has 0 spiro atoms. The number of hydrogen-bond acceptors (Lipinski definition) is 5. The van der Waals surface area contributed by atoms with Gasteiger partial charge in [0.05, 0.1) is 4.92 Å². The van der Waals surface area contributed by atoms with Crippen LogP contribution in [0.1, 0.15) is 45.7 Å². The Hall–Kier alpha value is -2.12. The van der Waals surface area contributed by atoms with Crippen molar-refractivity contribution in [2.75, 3.05) is 5.32 Å². The number of aliphatic carboxylic acids is 1. The molecule has 2 N–H and O–H groups in total. The number of aromatic nitrogens is 2. The molecule has 0 radical (unpaired) electrons. The monoisotopic (exact) mass is 298 g/mol. The lowest BCUT2D eigenvalue weighted by Crippen LogP contribution is -2.31. The molecule has 1 aromatic rings. The third-order valence-electron chi connectivity index (χ3n) is 3.09. The van der Waals surface area contributed by atoms with Crippen molar-refractivity contribution in [1.29, 1.82) is 0 Å². The first-order valence-electron chi connectivity index (χ1n) is 6.85. The van der Waals surface area contributed by atoms with Gasteiger partial charge in [-0.3, -0.25) is 10.1 Å². The van der Waals surface area contributed by atoms with Crippen molar-refractivity contribution < 1.29 is 14.8 Å². The zero-order chi connectivity index (χ0) is 16.3. The number of carbonyl (C=O) groups is 1. The van der Waals surface area contributed by atoms with Crippen LogP contribution in [0.4, 0.5) is 11.5 Å². The number of hydrogen-bond donors (Lipinski definition) is 2. The highest BCUT2D eigenvalue weighted by Gasteiger charge is 2.31. The van der Waals surface area contributed by atoms with Crippen molar-refractivity contribution in [3.8, 4) is 0 Å². The molecule has 0 bridgehead atoms. The minimum absolute atomic E-state index is 0.125. The molecule has 0 aliphatic heterocycles. The Bertz CT molecular complexity index is 537. The van der Waals surface area contributed by atoms with Crippen molar-refractivity contribution >= 4 is 17.5 Å². The van der Waals surface area contributed by atoms with Crippen molar-refractivity contribution in [1.82, 2.24) is 9.78 Å². The Labute approximate surface area is 123 Å². The number of carboxylic acid groups (broad SMARTS) is 1. The molecular weight excluding hydrogens is 276 g/mol. The molecule has 0 saturated carbocycles. The summed E-state index contributed by atoms with van der Waals surface area (Å²) in [4.78, 5) is 22.1. The van der Waals surface area contributed by atoms with E-state index < -0.39 is 16.9 Å². The van der Waals surface area contributed by atoms with E-state index in [4.69, 9.17) is 0 Å². The zero-order valence-electron chi connectivity index (χ0n) is 13.0. The summed E-state index contributed by atoms with van der Waals surface area (Å²) in [6.07, 6.45) is 0.370. The van der Waals surface area contributed by atoms with Crippen LogP contribution < -0.4 is 5.32 Å². The normalized spacial score (nSPS) is 12.7. The second kappa shape index (κ2) is 6.55. The molecule has 118 valence electrons. The van der Waals surface area contributed by atoms with Crippen molar-refractivity contribution in [3.05, 3.63) is 15.8 Å². The van der Waals surface area contributed by atoms with E-state index in [-0.39, 0.29) is 23.3 Å². The van der Waals surface area contributed by atoms with Crippen molar-refractivity contribution in [3.63, 3.8) is 0 Å². The van der Waals surface area contributed by atoms with Gasteiger partial charge in [0.1, 0.15) is 11.7 Å². The molecule has 8 nitrogen and oxygen atoms in total. The van der Waals surface area contributed by atoms with Gasteiger partial charge in [0.25, 0.3) is 0 Å². The lowest BCUT2D eigenvalue weighted by molar-refractivity contribution is -0.384. The first-order chi connectivity index (χ1) is 9.65. The van der Waals surface area contributed by atoms with Crippen LogP contribution in [-0.2, 0) is 11.8 Å². The Morgan fingerprint density at radius 1 is 1.43 bits per heavy atom. The second-order valence-corrected chi connectivity index (χ2v) is 5.78. The van der Waals surface area contributed by atoms with E-state index in [0.29, 0.717) is 12.1 Å². The minimum Gasteiger partial charge on any atom is -0.480 e. The van der Waals surface area contributed by atoms with E-state index >= 15 is 0 Å². The summed E-state index contributed by atoms with van der Waals surface area (Å²) in [5, 5.41) is 27.5. The third kappa shape index (κ3) is 3.93. The van der Waals surface area contributed by atoms with Crippen LogP contribution in [0.3, 0.4) is 0 Å². The number of nitrogens with one attached hydrogen (secondary N) is 1. The van der Waals surface area contributed by atoms with Gasteiger partial charge in [0, 0.05) is 13.0 Å². The molecule has 0 amide bonds. The molecule has 0 aliphatic rings. The molecule has 0 aromatic carbocycles. The van der Waals surface area contributed by atoms with Crippen LogP contribution in [0.25, 0.3) is 0 Å². The quantitative estimate of drug-likeness (QED) is 0.590. The van der Waals surface area contributed by atoms with Gasteiger partial charge >= 0.3 is 11.7 Å². The fraction of sp³-hybridized carbons (Fsp3) is 0.692. The Morgan fingerprint density at radius 2 is 2.00 bits per heavy atom. The van der Waals surface area contributed by atoms with Gasteiger partial charge in [-0.15, -0.1) is 0 Å². The van der Waals surface area contributed by atoms with Crippen LogP contribution in [0.2, 0.25) is 0 Å². The SMILES string of the molecule is CC(C)CC(Nc1c([N+](=O)[O-])c(C(C)C)nn1C)C(=O)O. The van der Waals surface area contributed by atoms with E-state index in [0.717, 1.165) is 0 Å². The topological polar surface area (TPSA) is 110 Å². The number of rotatable bonds is 7. The van der Waals surface area contributed by atoms with Crippen LogP contribution in [0.15, 0.2) is 0 Å². The average Bonchev–Trinajstić information content (AvgIpc) is 2.65. The number of nitrogens with zero attached hydrogens (tertiary/aromatic N) is 3. The van der Waals surface area contributed by atoms with Gasteiger partial charge < -0.3 is 10.4 Å². The summed E-state index contributed by atoms with van der Waals surface area (Å²) in [6, 6.07) is -0.890. The highest BCUT2D eigenvalue weighted by atomic mass is 16.6. The van der Waals surface area contributed by atoms with Crippen LogP contribution in [-0.4, -0.2) is 31.8 Å². The molecule has 21 heavy (non-hydrogen) atoms. The highest BCUT2D eigenvalue weighted by Crippen LogP contribution is 2.33. The maximum atomic E-state index is 11.3. The molecule has 1 heterocycles. The smallest absolute Gasteiger partial charge is 0.334 e. The summed E-state index contributed by atoms with van der Waals surface area (Å²) in [5.74, 6) is -0.877. The predicted molar refractivity (Wildman–Crippen MR) is 78.5 cm³/mol. The van der Waals surface area contributed by atoms with Gasteiger partial charge in [0.15, 0.2) is 0 Å². The summed E-state index contributed by atoms with van der Waals surface area (Å²) >= 11 is 0. The standard InChI is InChI=1S/C13H22N4O4/c1-7(2)6-9(13(18)19)14-12-11(17(20)21)10(8(3)4)15-16(12)5/h7-9,14H,6H2,1-5H3,(H,18,19). The fourth-order valence-electron chi connectivity index (χ4n) is 2.12. The predicted octanol–water partition coefficient (Wildman–Crippen LogP) is 2.36. The number of aryl methyl sites for hydroxylation is 1. The molecule has 8 heteroatoms. The summed E-state index contributed by atoms with van der Waals surface area (Å²) in [6.45, 7) is 7.41. The van der Waals surface area contributed by atoms with E-state index in [1.54, 1.807) is 7.05 Å². The van der Waals surface area contributed by atoms with Gasteiger partial charge in [-0.25, -0.2) is 9.48 Å². The maximum absolute atomic E-state index is 11.3. The molecule has 1 aromatic heterocycles. The van der Waals surface area contributed by atoms with Gasteiger partial charge in [-0.05, 0) is 12.3 Å². The van der Waals surface area contributed by atoms with E-state index in [9.17, 15) is 20.0 Å². The summed E-state index contributed by atoms with van der Waals surface area (Å²) < 4.78 is 1.34. The van der Waals surface area contributed by atoms with Crippen LogP contribution >= 0.6 is 0 Å². The first-order valence-corrected chi connectivity index (χ1v) is 6.85. The number of carboxylic acids is 1. The molecule has 0 aliphatic carbocycles. The number of nitro groups is 1. The van der Waals surface area contributed by atoms with Crippen LogP contribution in [0, 0.1) is 16.0 Å². The van der Waals surface area contributed by atoms with Crippen LogP contribution in [0.5, 0.6) is 0 Å². The molecule has 0 saturated heterocycles. The summed E-state index contributed by atoms with van der Waals surface area (Å²) in [7, 11) is 1.56. The summed E-state index contributed by atoms with van der Waals surface area (Å²) in [5.41, 5.74) is 0.196. The van der Waals surface area contributed by atoms with E-state index in [1.165, 1.54) is 4.68 Å². The molecule has 1 atom stereocenters. The number of anilines is 1. The Morgan fingerprint density at radius 3 is 2.38 bits per heavy atom. The van der Waals surface area contributed by atoms with Gasteiger partial charge in [-0.2, -0.15) is 5.10 Å². The average molecular weight is 298 g/mol. The molecule has 1 unspecified atom stereocenters. The third-order valence-corrected chi connectivity index (χ3v) is 3.09. The second-order valence-electron chi connectivity index (χ2n) is 5.78. The molecule has 1 rings (SSSR count). The van der Waals surface area contributed by atoms with Crippen molar-refractivity contribution in [2.24, 2.45) is 13.0 Å². The Kier molecular flexibility index (Phi) is 5.28. The van der Waals surface area contributed by atoms with Gasteiger partial charge in [0.2, 0.25) is 5.82 Å². The van der Waals surface area contributed by atoms with E-state index in [1.807, 2.05) is 27.7 Å². The lowest BCUT2D eigenvalue weighted by Gasteiger charge is -2.17. The first kappa shape index (κ1) is 16.9. The lowest BCUT2D eigenvalue weighted by atomic mass is 10.0.